The summed E-state index contributed by atoms with van der Waals surface area (Å²) in [7, 11) is 0. The van der Waals surface area contributed by atoms with E-state index in [-0.39, 0.29) is 0 Å². The average Bonchev–Trinajstić information content (AvgIpc) is 2.48. The molecule has 0 saturated carbocycles. The Labute approximate surface area is 76.3 Å². The second kappa shape index (κ2) is 4.16. The highest BCUT2D eigenvalue weighted by molar-refractivity contribution is 7.18. The molecule has 0 saturated heterocycles. The van der Waals surface area contributed by atoms with Crippen molar-refractivity contribution in [3.63, 3.8) is 0 Å². The van der Waals surface area contributed by atoms with Gasteiger partial charge in [0.05, 0.1) is 0 Å². The van der Waals surface area contributed by atoms with E-state index in [1.54, 1.807) is 17.7 Å². The van der Waals surface area contributed by atoms with E-state index in [1.807, 2.05) is 20.0 Å². The molecule has 3 heteroatoms. The van der Waals surface area contributed by atoms with Crippen molar-refractivity contribution in [2.75, 3.05) is 0 Å². The normalized spacial score (nSPS) is 9.25. The largest absolute Gasteiger partial charge is 0.244 e. The van der Waals surface area contributed by atoms with E-state index in [0.717, 1.165) is 10.2 Å². The summed E-state index contributed by atoms with van der Waals surface area (Å²) in [5.41, 5.74) is 0. The van der Waals surface area contributed by atoms with Crippen molar-refractivity contribution in [1.82, 2.24) is 9.97 Å². The van der Waals surface area contributed by atoms with E-state index in [9.17, 15) is 0 Å². The fourth-order valence-corrected chi connectivity index (χ4v) is 1.73. The van der Waals surface area contributed by atoms with Gasteiger partial charge in [-0.3, -0.25) is 0 Å². The SMILES string of the molecule is CC.Cc1cc2cncnc2s1. The van der Waals surface area contributed by atoms with Gasteiger partial charge in [-0.05, 0) is 13.0 Å². The van der Waals surface area contributed by atoms with Gasteiger partial charge in [0.2, 0.25) is 0 Å². The Balaban J connectivity index is 0.000000336. The summed E-state index contributed by atoms with van der Waals surface area (Å²) in [4.78, 5) is 10.4. The summed E-state index contributed by atoms with van der Waals surface area (Å²) >= 11 is 1.70. The van der Waals surface area contributed by atoms with Crippen molar-refractivity contribution in [1.29, 1.82) is 0 Å². The molecule has 0 aromatic carbocycles. The summed E-state index contributed by atoms with van der Waals surface area (Å²) in [5, 5.41) is 1.14. The molecule has 0 unspecified atom stereocenters. The second-order valence-electron chi connectivity index (χ2n) is 2.14. The molecule has 0 amide bonds. The molecule has 0 bridgehead atoms. The zero-order chi connectivity index (χ0) is 8.97. The number of hydrogen-bond acceptors (Lipinski definition) is 3. The van der Waals surface area contributed by atoms with E-state index >= 15 is 0 Å². The molecule has 2 aromatic rings. The molecule has 0 fully saturated rings. The highest BCUT2D eigenvalue weighted by Gasteiger charge is 1.96. The molecule has 0 aliphatic heterocycles. The number of hydrogen-bond donors (Lipinski definition) is 0. The third-order valence-electron chi connectivity index (χ3n) is 1.32. The van der Waals surface area contributed by atoms with Crippen molar-refractivity contribution in [2.45, 2.75) is 20.8 Å². The maximum atomic E-state index is 4.11. The van der Waals surface area contributed by atoms with Crippen molar-refractivity contribution in [3.8, 4) is 0 Å². The topological polar surface area (TPSA) is 25.8 Å². The molecule has 0 spiro atoms. The van der Waals surface area contributed by atoms with Crippen LogP contribution in [0.15, 0.2) is 18.6 Å². The number of aryl methyl sites for hydroxylation is 1. The average molecular weight is 180 g/mol. The van der Waals surface area contributed by atoms with Crippen molar-refractivity contribution in [3.05, 3.63) is 23.5 Å². The van der Waals surface area contributed by atoms with Gasteiger partial charge in [0, 0.05) is 16.5 Å². The molecular weight excluding hydrogens is 168 g/mol. The first-order valence-corrected chi connectivity index (χ1v) is 4.84. The molecule has 0 aliphatic carbocycles. The van der Waals surface area contributed by atoms with Crippen LogP contribution in [0, 0.1) is 6.92 Å². The lowest BCUT2D eigenvalue weighted by Crippen LogP contribution is -1.71. The lowest BCUT2D eigenvalue weighted by atomic mass is 10.4. The molecular formula is C9H12N2S. The minimum absolute atomic E-state index is 1.08. The van der Waals surface area contributed by atoms with Crippen LogP contribution in [0.25, 0.3) is 10.2 Å². The Morgan fingerprint density at radius 1 is 1.33 bits per heavy atom. The fourth-order valence-electron chi connectivity index (χ4n) is 0.914. The van der Waals surface area contributed by atoms with Crippen LogP contribution in [-0.2, 0) is 0 Å². The third kappa shape index (κ3) is 1.80. The van der Waals surface area contributed by atoms with E-state index in [0.29, 0.717) is 0 Å². The van der Waals surface area contributed by atoms with E-state index in [2.05, 4.69) is 23.0 Å². The van der Waals surface area contributed by atoms with Crippen molar-refractivity contribution in [2.24, 2.45) is 0 Å². The summed E-state index contributed by atoms with van der Waals surface area (Å²) in [6.07, 6.45) is 3.42. The summed E-state index contributed by atoms with van der Waals surface area (Å²) in [6.45, 7) is 6.08. The molecule has 0 atom stereocenters. The highest BCUT2D eigenvalue weighted by atomic mass is 32.1. The van der Waals surface area contributed by atoms with E-state index < -0.39 is 0 Å². The Hall–Kier alpha value is -0.960. The zero-order valence-corrected chi connectivity index (χ0v) is 8.35. The van der Waals surface area contributed by atoms with Crippen LogP contribution in [0.2, 0.25) is 0 Å². The molecule has 64 valence electrons. The first-order chi connectivity index (χ1) is 5.86. The van der Waals surface area contributed by atoms with Crippen LogP contribution in [-0.4, -0.2) is 9.97 Å². The van der Waals surface area contributed by atoms with E-state index in [4.69, 9.17) is 0 Å². The lowest BCUT2D eigenvalue weighted by Gasteiger charge is -1.81. The minimum atomic E-state index is 1.08. The van der Waals surface area contributed by atoms with Gasteiger partial charge in [0.15, 0.2) is 0 Å². The second-order valence-corrected chi connectivity index (χ2v) is 3.38. The predicted octanol–water partition coefficient (Wildman–Crippen LogP) is 3.03. The van der Waals surface area contributed by atoms with Crippen LogP contribution in [0.4, 0.5) is 0 Å². The smallest absolute Gasteiger partial charge is 0.126 e. The van der Waals surface area contributed by atoms with Crippen LogP contribution in [0.1, 0.15) is 18.7 Å². The molecule has 0 radical (unpaired) electrons. The minimum Gasteiger partial charge on any atom is -0.244 e. The lowest BCUT2D eigenvalue weighted by molar-refractivity contribution is 1.23. The van der Waals surface area contributed by atoms with Gasteiger partial charge in [0.1, 0.15) is 11.2 Å². The Morgan fingerprint density at radius 2 is 2.08 bits per heavy atom. The maximum absolute atomic E-state index is 4.11. The molecule has 2 nitrogen and oxygen atoms in total. The molecule has 2 rings (SSSR count). The first-order valence-electron chi connectivity index (χ1n) is 4.02. The number of thiophene rings is 1. The summed E-state index contributed by atoms with van der Waals surface area (Å²) < 4.78 is 0. The van der Waals surface area contributed by atoms with Gasteiger partial charge < -0.3 is 0 Å². The van der Waals surface area contributed by atoms with Crippen LogP contribution >= 0.6 is 11.3 Å². The first kappa shape index (κ1) is 9.13. The quantitative estimate of drug-likeness (QED) is 0.622. The molecule has 12 heavy (non-hydrogen) atoms. The Morgan fingerprint density at radius 3 is 2.75 bits per heavy atom. The summed E-state index contributed by atoms with van der Waals surface area (Å²) in [5.74, 6) is 0. The predicted molar refractivity (Wildman–Crippen MR) is 53.5 cm³/mol. The number of nitrogens with zero attached hydrogens (tertiary/aromatic N) is 2. The van der Waals surface area contributed by atoms with Crippen molar-refractivity contribution >= 4 is 21.6 Å². The Bertz CT molecular complexity index is 321. The number of rotatable bonds is 0. The third-order valence-corrected chi connectivity index (χ3v) is 2.29. The van der Waals surface area contributed by atoms with Crippen LogP contribution in [0.5, 0.6) is 0 Å². The van der Waals surface area contributed by atoms with Gasteiger partial charge in [-0.15, -0.1) is 11.3 Å². The number of aromatic nitrogens is 2. The standard InChI is InChI=1S/C7H6N2S.C2H6/c1-5-2-6-3-8-4-9-7(6)10-5;1-2/h2-4H,1H3;1-2H3. The molecule has 0 N–H and O–H groups in total. The maximum Gasteiger partial charge on any atom is 0.126 e. The van der Waals surface area contributed by atoms with Gasteiger partial charge in [0.25, 0.3) is 0 Å². The highest BCUT2D eigenvalue weighted by Crippen LogP contribution is 2.20. The van der Waals surface area contributed by atoms with Gasteiger partial charge >= 0.3 is 0 Å². The fraction of sp³-hybridized carbons (Fsp3) is 0.333. The molecule has 2 heterocycles. The molecule has 2 aromatic heterocycles. The van der Waals surface area contributed by atoms with Gasteiger partial charge in [-0.25, -0.2) is 9.97 Å². The van der Waals surface area contributed by atoms with Crippen LogP contribution in [0.3, 0.4) is 0 Å². The summed E-state index contributed by atoms with van der Waals surface area (Å²) in [6, 6.07) is 2.10. The monoisotopic (exact) mass is 180 g/mol. The Kier molecular flexibility index (Phi) is 3.17. The van der Waals surface area contributed by atoms with Crippen LogP contribution < -0.4 is 0 Å². The molecule has 0 aliphatic rings. The van der Waals surface area contributed by atoms with Crippen molar-refractivity contribution < 1.29 is 0 Å². The van der Waals surface area contributed by atoms with Gasteiger partial charge in [-0.2, -0.15) is 0 Å². The van der Waals surface area contributed by atoms with Gasteiger partial charge in [-0.1, -0.05) is 13.8 Å². The zero-order valence-electron chi connectivity index (χ0n) is 7.53. The number of fused-ring (bicyclic) bond motifs is 1. The van der Waals surface area contributed by atoms with E-state index in [1.165, 1.54) is 4.88 Å².